The molecule has 2 aromatic rings. The molecule has 33 heavy (non-hydrogen) atoms. The Morgan fingerprint density at radius 3 is 2.70 bits per heavy atom. The lowest BCUT2D eigenvalue weighted by atomic mass is 10.2. The van der Waals surface area contributed by atoms with E-state index in [-0.39, 0.29) is 34.1 Å². The molecule has 0 atom stereocenters. The maximum Gasteiger partial charge on any atom is 0.357 e. The molecule has 0 bridgehead atoms. The summed E-state index contributed by atoms with van der Waals surface area (Å²) in [5.41, 5.74) is 6.24. The van der Waals surface area contributed by atoms with Crippen molar-refractivity contribution >= 4 is 46.1 Å². The van der Waals surface area contributed by atoms with Crippen molar-refractivity contribution in [3.8, 4) is 6.07 Å². The van der Waals surface area contributed by atoms with Crippen molar-refractivity contribution in [2.45, 2.75) is 27.3 Å². The van der Waals surface area contributed by atoms with Crippen molar-refractivity contribution in [3.05, 3.63) is 68.2 Å². The van der Waals surface area contributed by atoms with Crippen molar-refractivity contribution in [2.75, 3.05) is 17.2 Å². The Labute approximate surface area is 195 Å². The van der Waals surface area contributed by atoms with E-state index in [2.05, 4.69) is 28.7 Å². The molecular weight excluding hydrogens is 440 g/mol. The molecule has 1 heterocycles. The van der Waals surface area contributed by atoms with Crippen LogP contribution in [-0.2, 0) is 20.9 Å². The van der Waals surface area contributed by atoms with Crippen molar-refractivity contribution in [3.63, 3.8) is 0 Å². The molecule has 2 rings (SSSR count). The molecule has 0 unspecified atom stereocenters. The predicted octanol–water partition coefficient (Wildman–Crippen LogP) is 2.09. The summed E-state index contributed by atoms with van der Waals surface area (Å²) in [5.74, 6) is -1.07. The SMILES string of the molecule is C=CCOC(=O)C(=C=c1sc(=C=CNc2cccc(NC(=O)C(C)C)c2)c(=O)n1CC)C#N. The van der Waals surface area contributed by atoms with Crippen LogP contribution in [0.2, 0.25) is 0 Å². The van der Waals surface area contributed by atoms with E-state index >= 15 is 0 Å². The predicted molar refractivity (Wildman–Crippen MR) is 129 cm³/mol. The van der Waals surface area contributed by atoms with Gasteiger partial charge in [0, 0.05) is 30.0 Å². The molecule has 2 N–H and O–H groups in total. The second kappa shape index (κ2) is 12.1. The smallest absolute Gasteiger partial charge is 0.357 e. The minimum absolute atomic E-state index is 0.0352. The Morgan fingerprint density at radius 1 is 1.33 bits per heavy atom. The number of hydrogen-bond donors (Lipinski definition) is 2. The number of esters is 1. The molecule has 0 saturated heterocycles. The molecule has 0 fully saturated rings. The zero-order valence-electron chi connectivity index (χ0n) is 18.6. The Balaban J connectivity index is 2.43. The monoisotopic (exact) mass is 464 g/mol. The molecule has 0 spiro atoms. The minimum atomic E-state index is -0.840. The second-order valence-corrected chi connectivity index (χ2v) is 7.94. The van der Waals surface area contributed by atoms with Gasteiger partial charge >= 0.3 is 5.97 Å². The number of carbonyl (C=O) groups is 2. The van der Waals surface area contributed by atoms with Crippen LogP contribution in [0.25, 0.3) is 11.5 Å². The summed E-state index contributed by atoms with van der Waals surface area (Å²) in [5, 5.41) is 15.1. The third kappa shape index (κ3) is 6.96. The summed E-state index contributed by atoms with van der Waals surface area (Å²) in [6, 6.07) is 8.87. The molecular formula is C24H24N4O4S. The Kier molecular flexibility index (Phi) is 9.22. The van der Waals surface area contributed by atoms with Crippen LogP contribution in [0.4, 0.5) is 11.4 Å². The van der Waals surface area contributed by atoms with Crippen molar-refractivity contribution in [1.29, 1.82) is 5.26 Å². The van der Waals surface area contributed by atoms with E-state index in [1.165, 1.54) is 16.8 Å². The van der Waals surface area contributed by atoms with Crippen LogP contribution in [0, 0.1) is 17.2 Å². The van der Waals surface area contributed by atoms with E-state index in [9.17, 15) is 19.6 Å². The number of hydrogen-bond acceptors (Lipinski definition) is 7. The highest BCUT2D eigenvalue weighted by molar-refractivity contribution is 7.07. The largest absolute Gasteiger partial charge is 0.457 e. The second-order valence-electron chi connectivity index (χ2n) is 6.94. The van der Waals surface area contributed by atoms with Gasteiger partial charge in [0.1, 0.15) is 21.9 Å². The summed E-state index contributed by atoms with van der Waals surface area (Å²) in [7, 11) is 0. The maximum atomic E-state index is 12.7. The Bertz CT molecular complexity index is 1350. The zero-order valence-corrected chi connectivity index (χ0v) is 19.4. The van der Waals surface area contributed by atoms with Gasteiger partial charge in [-0.2, -0.15) is 5.26 Å². The van der Waals surface area contributed by atoms with Crippen LogP contribution >= 0.6 is 11.3 Å². The molecule has 0 aliphatic rings. The minimum Gasteiger partial charge on any atom is -0.457 e. The summed E-state index contributed by atoms with van der Waals surface area (Å²) in [4.78, 5) is 36.5. The number of ether oxygens (including phenoxy) is 1. The highest BCUT2D eigenvalue weighted by Crippen LogP contribution is 2.15. The molecule has 0 aliphatic heterocycles. The van der Waals surface area contributed by atoms with Crippen LogP contribution in [-0.4, -0.2) is 23.1 Å². The number of benzene rings is 1. The number of aromatic nitrogens is 1. The first-order chi connectivity index (χ1) is 15.8. The van der Waals surface area contributed by atoms with Crippen molar-refractivity contribution < 1.29 is 14.3 Å². The quantitative estimate of drug-likeness (QED) is 0.268. The average molecular weight is 465 g/mol. The van der Waals surface area contributed by atoms with Gasteiger partial charge < -0.3 is 15.4 Å². The van der Waals surface area contributed by atoms with Crippen LogP contribution in [0.1, 0.15) is 20.8 Å². The lowest BCUT2D eigenvalue weighted by Gasteiger charge is -2.08. The fraction of sp³-hybridized carbons (Fsp3) is 0.250. The van der Waals surface area contributed by atoms with E-state index in [4.69, 9.17) is 4.74 Å². The summed E-state index contributed by atoms with van der Waals surface area (Å²) >= 11 is 1.05. The normalized spacial score (nSPS) is 9.79. The highest BCUT2D eigenvalue weighted by Gasteiger charge is 2.10. The first-order valence-electron chi connectivity index (χ1n) is 10.1. The molecule has 0 saturated carbocycles. The maximum absolute atomic E-state index is 12.7. The molecule has 170 valence electrons. The number of anilines is 2. The number of amides is 1. The Morgan fingerprint density at radius 2 is 2.06 bits per heavy atom. The zero-order chi connectivity index (χ0) is 24.4. The third-order valence-corrected chi connectivity index (χ3v) is 5.19. The van der Waals surface area contributed by atoms with Crippen LogP contribution in [0.3, 0.4) is 0 Å². The van der Waals surface area contributed by atoms with E-state index in [0.29, 0.717) is 22.6 Å². The van der Waals surface area contributed by atoms with E-state index < -0.39 is 5.97 Å². The molecule has 1 aromatic carbocycles. The molecule has 1 amide bonds. The number of nitrogens with zero attached hydrogens (tertiary/aromatic N) is 2. The van der Waals surface area contributed by atoms with Gasteiger partial charge in [0.2, 0.25) is 5.91 Å². The topological polar surface area (TPSA) is 113 Å². The number of thiazole rings is 1. The van der Waals surface area contributed by atoms with Gasteiger partial charge in [-0.25, -0.2) is 4.79 Å². The van der Waals surface area contributed by atoms with E-state index in [1.54, 1.807) is 37.3 Å². The van der Waals surface area contributed by atoms with Gasteiger partial charge in [-0.15, -0.1) is 0 Å². The van der Waals surface area contributed by atoms with Crippen molar-refractivity contribution in [1.82, 2.24) is 4.57 Å². The van der Waals surface area contributed by atoms with Gasteiger partial charge in [0.25, 0.3) is 5.56 Å². The van der Waals surface area contributed by atoms with Crippen molar-refractivity contribution in [2.24, 2.45) is 5.92 Å². The average Bonchev–Trinajstić information content (AvgIpc) is 3.09. The Hall–Kier alpha value is -4.08. The molecule has 0 radical (unpaired) electrons. The number of carbonyl (C=O) groups excluding carboxylic acids is 2. The fourth-order valence-electron chi connectivity index (χ4n) is 2.48. The van der Waals surface area contributed by atoms with E-state index in [1.807, 2.05) is 13.8 Å². The van der Waals surface area contributed by atoms with Gasteiger partial charge in [-0.1, -0.05) is 55.4 Å². The third-order valence-electron chi connectivity index (χ3n) is 4.18. The number of nitriles is 1. The lowest BCUT2D eigenvalue weighted by molar-refractivity contribution is -0.137. The van der Waals surface area contributed by atoms with Gasteiger partial charge in [0.05, 0.1) is 0 Å². The number of nitrogens with one attached hydrogen (secondary N) is 2. The first-order valence-corrected chi connectivity index (χ1v) is 10.9. The highest BCUT2D eigenvalue weighted by atomic mass is 32.1. The standard InChI is InChI=1S/C24H24N4O4S/c1-5-12-32-24(31)17(15-25)13-21-28(6-2)23(30)20(33-21)10-11-26-18-8-7-9-19(14-18)27-22(29)16(3)4/h5,7-9,11,14,16,26H,1,6,12H2,2-4H3,(H,27,29). The van der Waals surface area contributed by atoms with E-state index in [0.717, 1.165) is 11.3 Å². The van der Waals surface area contributed by atoms with Gasteiger partial charge in [-0.05, 0) is 25.1 Å². The summed E-state index contributed by atoms with van der Waals surface area (Å²) in [6.07, 6.45) is 2.87. The number of rotatable bonds is 8. The first kappa shape index (κ1) is 25.2. The van der Waals surface area contributed by atoms with Gasteiger partial charge in [-0.3, -0.25) is 14.2 Å². The summed E-state index contributed by atoms with van der Waals surface area (Å²) in [6.45, 7) is 9.13. The summed E-state index contributed by atoms with van der Waals surface area (Å²) < 4.78 is 6.84. The molecule has 8 nitrogen and oxygen atoms in total. The van der Waals surface area contributed by atoms with Crippen LogP contribution < -0.4 is 25.4 Å². The molecule has 0 aliphatic carbocycles. The molecule has 1 aromatic heterocycles. The lowest BCUT2D eigenvalue weighted by Crippen LogP contribution is -2.30. The van der Waals surface area contributed by atoms with Gasteiger partial charge in [0.15, 0.2) is 5.57 Å². The van der Waals surface area contributed by atoms with Crippen LogP contribution in [0.5, 0.6) is 0 Å². The molecule has 9 heteroatoms. The van der Waals surface area contributed by atoms with Crippen LogP contribution in [0.15, 0.2) is 53.5 Å². The fourth-order valence-corrected chi connectivity index (χ4v) is 3.46.